The lowest BCUT2D eigenvalue weighted by molar-refractivity contribution is 0.327. The quantitative estimate of drug-likeness (QED) is 0.762. The summed E-state index contributed by atoms with van der Waals surface area (Å²) in [6.45, 7) is 2.19. The molecule has 4 heteroatoms. The minimum atomic E-state index is -0.0841. The van der Waals surface area contributed by atoms with Crippen LogP contribution in [-0.2, 0) is 6.42 Å². The van der Waals surface area contributed by atoms with Crippen LogP contribution >= 0.6 is 0 Å². The average molecular weight is 265 g/mol. The lowest BCUT2D eigenvalue weighted by atomic mass is 9.87. The van der Waals surface area contributed by atoms with E-state index >= 15 is 0 Å². The molecule has 0 radical (unpaired) electrons. The van der Waals surface area contributed by atoms with E-state index in [1.54, 1.807) is 0 Å². The van der Waals surface area contributed by atoms with Gasteiger partial charge in [0.05, 0.1) is 6.04 Å². The van der Waals surface area contributed by atoms with Crippen molar-refractivity contribution in [3.05, 3.63) is 11.7 Å². The number of hydrogen-bond donors (Lipinski definition) is 1. The summed E-state index contributed by atoms with van der Waals surface area (Å²) in [6, 6.07) is -0.0841. The van der Waals surface area contributed by atoms with Gasteiger partial charge >= 0.3 is 0 Å². The van der Waals surface area contributed by atoms with Gasteiger partial charge in [-0.25, -0.2) is 0 Å². The van der Waals surface area contributed by atoms with E-state index in [0.29, 0.717) is 5.89 Å². The molecule has 4 nitrogen and oxygen atoms in total. The van der Waals surface area contributed by atoms with Gasteiger partial charge < -0.3 is 10.3 Å². The fourth-order valence-electron chi connectivity index (χ4n) is 2.89. The summed E-state index contributed by atoms with van der Waals surface area (Å²) in [7, 11) is 0. The summed E-state index contributed by atoms with van der Waals surface area (Å²) in [5, 5.41) is 4.09. The molecule has 0 aliphatic heterocycles. The van der Waals surface area contributed by atoms with E-state index in [9.17, 15) is 0 Å². The maximum atomic E-state index is 6.09. The molecular formula is C15H27N3O. The van der Waals surface area contributed by atoms with Crippen LogP contribution in [0.4, 0.5) is 0 Å². The zero-order valence-corrected chi connectivity index (χ0v) is 12.1. The van der Waals surface area contributed by atoms with E-state index in [1.807, 2.05) is 0 Å². The molecule has 0 bridgehead atoms. The van der Waals surface area contributed by atoms with Crippen LogP contribution in [0, 0.1) is 5.92 Å². The van der Waals surface area contributed by atoms with Crippen LogP contribution in [0.3, 0.4) is 0 Å². The number of nitrogens with two attached hydrogens (primary N) is 1. The molecule has 108 valence electrons. The SMILES string of the molecule is CCCCC[C@H](N)c1nc(CC2CCCCC2)no1. The van der Waals surface area contributed by atoms with E-state index in [0.717, 1.165) is 31.0 Å². The van der Waals surface area contributed by atoms with Gasteiger partial charge in [-0.15, -0.1) is 0 Å². The highest BCUT2D eigenvalue weighted by molar-refractivity contribution is 4.93. The van der Waals surface area contributed by atoms with E-state index in [4.69, 9.17) is 10.3 Å². The number of hydrogen-bond acceptors (Lipinski definition) is 4. The lowest BCUT2D eigenvalue weighted by Gasteiger charge is -2.19. The smallest absolute Gasteiger partial charge is 0.243 e. The molecule has 1 atom stereocenters. The molecule has 1 aromatic heterocycles. The molecule has 0 spiro atoms. The molecule has 19 heavy (non-hydrogen) atoms. The van der Waals surface area contributed by atoms with E-state index in [-0.39, 0.29) is 6.04 Å². The molecule has 1 aliphatic carbocycles. The second kappa shape index (κ2) is 7.63. The van der Waals surface area contributed by atoms with Crippen molar-refractivity contribution >= 4 is 0 Å². The average Bonchev–Trinajstić information content (AvgIpc) is 2.89. The fourth-order valence-corrected chi connectivity index (χ4v) is 2.89. The molecule has 0 unspecified atom stereocenters. The lowest BCUT2D eigenvalue weighted by Crippen LogP contribution is -2.12. The van der Waals surface area contributed by atoms with Crippen LogP contribution in [0.5, 0.6) is 0 Å². The molecule has 0 amide bonds. The monoisotopic (exact) mass is 265 g/mol. The number of nitrogens with zero attached hydrogens (tertiary/aromatic N) is 2. The predicted molar refractivity (Wildman–Crippen MR) is 75.6 cm³/mol. The first-order chi connectivity index (χ1) is 9.29. The number of unbranched alkanes of at least 4 members (excludes halogenated alkanes) is 2. The molecule has 1 aromatic rings. The maximum Gasteiger partial charge on any atom is 0.243 e. The van der Waals surface area contributed by atoms with Crippen molar-refractivity contribution in [2.75, 3.05) is 0 Å². The molecular weight excluding hydrogens is 238 g/mol. The second-order valence-electron chi connectivity index (χ2n) is 5.86. The maximum absolute atomic E-state index is 6.09. The Balaban J connectivity index is 1.80. The van der Waals surface area contributed by atoms with Crippen LogP contribution < -0.4 is 5.73 Å². The van der Waals surface area contributed by atoms with Crippen molar-refractivity contribution in [3.8, 4) is 0 Å². The minimum Gasteiger partial charge on any atom is -0.338 e. The Morgan fingerprint density at radius 2 is 2.05 bits per heavy atom. The topological polar surface area (TPSA) is 64.9 Å². The normalized spacial score (nSPS) is 18.6. The first-order valence-electron chi connectivity index (χ1n) is 7.87. The summed E-state index contributed by atoms with van der Waals surface area (Å²) in [6.07, 6.45) is 12.2. The van der Waals surface area contributed by atoms with Crippen LogP contribution in [0.1, 0.15) is 82.5 Å². The Kier molecular flexibility index (Phi) is 5.83. The standard InChI is InChI=1S/C15H27N3O/c1-2-3-5-10-13(16)15-17-14(18-19-15)11-12-8-6-4-7-9-12/h12-13H,2-11,16H2,1H3/t13-/m0/s1. The third-order valence-electron chi connectivity index (χ3n) is 4.12. The van der Waals surface area contributed by atoms with Gasteiger partial charge in [0.2, 0.25) is 5.89 Å². The highest BCUT2D eigenvalue weighted by Gasteiger charge is 2.19. The Bertz CT molecular complexity index is 358. The van der Waals surface area contributed by atoms with Gasteiger partial charge in [-0.05, 0) is 12.3 Å². The van der Waals surface area contributed by atoms with Gasteiger partial charge in [-0.2, -0.15) is 4.98 Å². The van der Waals surface area contributed by atoms with Crippen molar-refractivity contribution in [2.24, 2.45) is 11.7 Å². The first-order valence-corrected chi connectivity index (χ1v) is 7.87. The summed E-state index contributed by atoms with van der Waals surface area (Å²) in [5.41, 5.74) is 6.09. The van der Waals surface area contributed by atoms with Crippen LogP contribution in [0.2, 0.25) is 0 Å². The van der Waals surface area contributed by atoms with Crippen molar-refractivity contribution < 1.29 is 4.52 Å². The summed E-state index contributed by atoms with van der Waals surface area (Å²) < 4.78 is 5.31. The first kappa shape index (κ1) is 14.5. The minimum absolute atomic E-state index is 0.0841. The van der Waals surface area contributed by atoms with Gasteiger partial charge in [-0.1, -0.05) is 63.4 Å². The van der Waals surface area contributed by atoms with Crippen molar-refractivity contribution in [1.82, 2.24) is 10.1 Å². The van der Waals surface area contributed by atoms with Crippen LogP contribution in [0.15, 0.2) is 4.52 Å². The Morgan fingerprint density at radius 3 is 2.79 bits per heavy atom. The zero-order valence-electron chi connectivity index (χ0n) is 12.1. The second-order valence-corrected chi connectivity index (χ2v) is 5.86. The van der Waals surface area contributed by atoms with Crippen molar-refractivity contribution in [1.29, 1.82) is 0 Å². The van der Waals surface area contributed by atoms with Gasteiger partial charge in [0.25, 0.3) is 0 Å². The van der Waals surface area contributed by atoms with Crippen LogP contribution in [0.25, 0.3) is 0 Å². The third-order valence-corrected chi connectivity index (χ3v) is 4.12. The van der Waals surface area contributed by atoms with Gasteiger partial charge in [0, 0.05) is 6.42 Å². The van der Waals surface area contributed by atoms with Crippen LogP contribution in [-0.4, -0.2) is 10.1 Å². The Hall–Kier alpha value is -0.900. The molecule has 1 fully saturated rings. The number of rotatable bonds is 7. The van der Waals surface area contributed by atoms with E-state index in [2.05, 4.69) is 17.1 Å². The zero-order chi connectivity index (χ0) is 13.5. The summed E-state index contributed by atoms with van der Waals surface area (Å²) >= 11 is 0. The van der Waals surface area contributed by atoms with Gasteiger partial charge in [0.15, 0.2) is 5.82 Å². The van der Waals surface area contributed by atoms with Gasteiger partial charge in [-0.3, -0.25) is 0 Å². The van der Waals surface area contributed by atoms with Crippen molar-refractivity contribution in [3.63, 3.8) is 0 Å². The molecule has 2 rings (SSSR count). The highest BCUT2D eigenvalue weighted by atomic mass is 16.5. The molecule has 2 N–H and O–H groups in total. The number of aromatic nitrogens is 2. The largest absolute Gasteiger partial charge is 0.338 e. The molecule has 1 aliphatic rings. The third kappa shape index (κ3) is 4.60. The Labute approximate surface area is 116 Å². The molecule has 0 saturated heterocycles. The van der Waals surface area contributed by atoms with E-state index < -0.39 is 0 Å². The summed E-state index contributed by atoms with van der Waals surface area (Å²) in [4.78, 5) is 4.48. The van der Waals surface area contributed by atoms with Gasteiger partial charge in [0.1, 0.15) is 0 Å². The highest BCUT2D eigenvalue weighted by Crippen LogP contribution is 2.26. The predicted octanol–water partition coefficient (Wildman–Crippen LogP) is 3.77. The van der Waals surface area contributed by atoms with Crippen molar-refractivity contribution in [2.45, 2.75) is 77.2 Å². The Morgan fingerprint density at radius 1 is 1.26 bits per heavy atom. The molecule has 0 aromatic carbocycles. The van der Waals surface area contributed by atoms with E-state index in [1.165, 1.54) is 44.9 Å². The molecule has 1 saturated carbocycles. The fraction of sp³-hybridized carbons (Fsp3) is 0.867. The molecule has 1 heterocycles. The summed E-state index contributed by atoms with van der Waals surface area (Å²) in [5.74, 6) is 2.23.